The summed E-state index contributed by atoms with van der Waals surface area (Å²) in [4.78, 5) is 10.8. The molecule has 0 radical (unpaired) electrons. The highest BCUT2D eigenvalue weighted by Gasteiger charge is 2.41. The van der Waals surface area contributed by atoms with E-state index in [4.69, 9.17) is 4.74 Å². The molecule has 1 aliphatic carbocycles. The first kappa shape index (κ1) is 21.6. The zero-order chi connectivity index (χ0) is 22.5. The fourth-order valence-corrected chi connectivity index (χ4v) is 5.85. The van der Waals surface area contributed by atoms with Crippen molar-refractivity contribution in [2.45, 2.75) is 48.4 Å². The van der Waals surface area contributed by atoms with Crippen LogP contribution in [0, 0.1) is 0 Å². The number of alkyl halides is 3. The van der Waals surface area contributed by atoms with E-state index in [-0.39, 0.29) is 30.1 Å². The van der Waals surface area contributed by atoms with E-state index in [1.54, 1.807) is 12.4 Å². The quantitative estimate of drug-likeness (QED) is 0.672. The number of hydrogen-bond acceptors (Lipinski definition) is 6. The van der Waals surface area contributed by atoms with Crippen molar-refractivity contribution in [3.8, 4) is 5.88 Å². The Bertz CT molecular complexity index is 1070. The van der Waals surface area contributed by atoms with Gasteiger partial charge in [-0.25, -0.2) is 13.4 Å². The number of ether oxygens (including phenoxy) is 1. The summed E-state index contributed by atoms with van der Waals surface area (Å²) in [5.41, 5.74) is 0.121. The second-order valence-electron chi connectivity index (χ2n) is 8.56. The Balaban J connectivity index is 1.22. The first-order valence-electron chi connectivity index (χ1n) is 10.6. The highest BCUT2D eigenvalue weighted by Crippen LogP contribution is 2.38. The van der Waals surface area contributed by atoms with Gasteiger partial charge in [-0.3, -0.25) is 9.88 Å². The first-order valence-corrected chi connectivity index (χ1v) is 12.0. The van der Waals surface area contributed by atoms with E-state index in [9.17, 15) is 21.6 Å². The number of piperazine rings is 1. The standard InChI is InChI=1S/C21H23F3N4O3S/c22-21(23,24)15-3-5-18(6-4-15)32(29,30)28-8-7-27-13-17(9-16(27)12-28)31-20-11-25-19(10-26-20)14-1-2-14/h3-6,10-11,14,16-17H,1-2,7-9,12-13H2/t16-,17-/m0/s1. The molecule has 0 bridgehead atoms. The Morgan fingerprint density at radius 1 is 1.00 bits per heavy atom. The molecule has 2 atom stereocenters. The van der Waals surface area contributed by atoms with Gasteiger partial charge in [0.2, 0.25) is 15.9 Å². The van der Waals surface area contributed by atoms with Gasteiger partial charge >= 0.3 is 6.18 Å². The van der Waals surface area contributed by atoms with Gasteiger partial charge < -0.3 is 4.74 Å². The molecule has 1 saturated carbocycles. The fraction of sp³-hybridized carbons (Fsp3) is 0.524. The fourth-order valence-electron chi connectivity index (χ4n) is 4.38. The molecule has 3 heterocycles. The van der Waals surface area contributed by atoms with Gasteiger partial charge in [0.1, 0.15) is 6.10 Å². The molecule has 172 valence electrons. The lowest BCUT2D eigenvalue weighted by atomic mass is 10.2. The van der Waals surface area contributed by atoms with Gasteiger partial charge in [-0.1, -0.05) is 0 Å². The van der Waals surface area contributed by atoms with Crippen molar-refractivity contribution < 1.29 is 26.3 Å². The SMILES string of the molecule is O=S(=O)(c1ccc(C(F)(F)F)cc1)N1CCN2C[C@@H](Oc3cnc(C4CC4)cn3)C[C@H]2C1. The van der Waals surface area contributed by atoms with Gasteiger partial charge in [0.25, 0.3) is 0 Å². The average molecular weight is 469 g/mol. The molecule has 3 aliphatic rings. The Labute approximate surface area is 184 Å². The lowest BCUT2D eigenvalue weighted by Crippen LogP contribution is -2.51. The monoisotopic (exact) mass is 468 g/mol. The molecule has 1 aromatic heterocycles. The zero-order valence-electron chi connectivity index (χ0n) is 17.2. The molecule has 0 amide bonds. The minimum Gasteiger partial charge on any atom is -0.472 e. The van der Waals surface area contributed by atoms with Crippen LogP contribution in [-0.4, -0.2) is 65.9 Å². The van der Waals surface area contributed by atoms with Crippen LogP contribution in [0.15, 0.2) is 41.6 Å². The maximum Gasteiger partial charge on any atom is 0.416 e. The number of sulfonamides is 1. The third-order valence-corrected chi connectivity index (χ3v) is 8.17. The summed E-state index contributed by atoms with van der Waals surface area (Å²) < 4.78 is 71.6. The van der Waals surface area contributed by atoms with Crippen LogP contribution in [-0.2, 0) is 16.2 Å². The molecule has 2 aliphatic heterocycles. The molecule has 0 unspecified atom stereocenters. The molecule has 11 heteroatoms. The molecule has 0 N–H and O–H groups in total. The minimum absolute atomic E-state index is 0.0170. The highest BCUT2D eigenvalue weighted by atomic mass is 32.2. The molecule has 7 nitrogen and oxygen atoms in total. The van der Waals surface area contributed by atoms with E-state index in [0.717, 1.165) is 42.8 Å². The molecule has 2 aromatic rings. The lowest BCUT2D eigenvalue weighted by Gasteiger charge is -2.36. The Morgan fingerprint density at radius 2 is 1.75 bits per heavy atom. The summed E-state index contributed by atoms with van der Waals surface area (Å²) in [6.07, 6.45) is 1.73. The summed E-state index contributed by atoms with van der Waals surface area (Å²) in [5.74, 6) is 0.989. The van der Waals surface area contributed by atoms with E-state index in [1.807, 2.05) is 0 Å². The number of aromatic nitrogens is 2. The Hall–Kier alpha value is -2.24. The normalized spacial score (nSPS) is 25.0. The minimum atomic E-state index is -4.50. The van der Waals surface area contributed by atoms with Gasteiger partial charge in [-0.2, -0.15) is 17.5 Å². The van der Waals surface area contributed by atoms with Gasteiger partial charge in [0.05, 0.1) is 28.5 Å². The van der Waals surface area contributed by atoms with E-state index in [0.29, 0.717) is 31.3 Å². The van der Waals surface area contributed by atoms with Gasteiger partial charge in [-0.15, -0.1) is 0 Å². The number of benzene rings is 1. The smallest absolute Gasteiger partial charge is 0.416 e. The van der Waals surface area contributed by atoms with Crippen LogP contribution in [0.3, 0.4) is 0 Å². The summed E-state index contributed by atoms with van der Waals surface area (Å²) >= 11 is 0. The third-order valence-electron chi connectivity index (χ3n) is 6.29. The van der Waals surface area contributed by atoms with Crippen LogP contribution < -0.4 is 4.74 Å². The van der Waals surface area contributed by atoms with E-state index in [1.165, 1.54) is 4.31 Å². The van der Waals surface area contributed by atoms with Crippen LogP contribution in [0.5, 0.6) is 5.88 Å². The van der Waals surface area contributed by atoms with E-state index >= 15 is 0 Å². The zero-order valence-corrected chi connectivity index (χ0v) is 18.0. The largest absolute Gasteiger partial charge is 0.472 e. The summed E-state index contributed by atoms with van der Waals surface area (Å²) in [5, 5.41) is 0. The van der Waals surface area contributed by atoms with Crippen molar-refractivity contribution in [2.75, 3.05) is 26.2 Å². The molecular formula is C21H23F3N4O3S. The molecule has 2 saturated heterocycles. The molecule has 3 fully saturated rings. The topological polar surface area (TPSA) is 75.6 Å². The van der Waals surface area contributed by atoms with Crippen molar-refractivity contribution in [3.05, 3.63) is 47.9 Å². The van der Waals surface area contributed by atoms with Gasteiger partial charge in [0.15, 0.2) is 0 Å². The number of rotatable bonds is 5. The van der Waals surface area contributed by atoms with Crippen LogP contribution in [0.2, 0.25) is 0 Å². The van der Waals surface area contributed by atoms with E-state index < -0.39 is 21.8 Å². The van der Waals surface area contributed by atoms with Crippen molar-refractivity contribution >= 4 is 10.0 Å². The van der Waals surface area contributed by atoms with Crippen molar-refractivity contribution in [3.63, 3.8) is 0 Å². The van der Waals surface area contributed by atoms with E-state index in [2.05, 4.69) is 14.9 Å². The summed E-state index contributed by atoms with van der Waals surface area (Å²) in [7, 11) is -3.87. The maximum absolute atomic E-state index is 13.0. The highest BCUT2D eigenvalue weighted by molar-refractivity contribution is 7.89. The number of nitrogens with zero attached hydrogens (tertiary/aromatic N) is 4. The lowest BCUT2D eigenvalue weighted by molar-refractivity contribution is -0.137. The third kappa shape index (κ3) is 4.33. The summed E-state index contributed by atoms with van der Waals surface area (Å²) in [6.45, 7) is 1.76. The molecule has 5 rings (SSSR count). The number of hydrogen-bond donors (Lipinski definition) is 0. The molecule has 1 aromatic carbocycles. The molecule has 32 heavy (non-hydrogen) atoms. The summed E-state index contributed by atoms with van der Waals surface area (Å²) in [6, 6.07) is 3.64. The van der Waals surface area contributed by atoms with Gasteiger partial charge in [0, 0.05) is 44.6 Å². The molecule has 0 spiro atoms. The van der Waals surface area contributed by atoms with Crippen LogP contribution >= 0.6 is 0 Å². The Kier molecular flexibility index (Phi) is 5.37. The van der Waals surface area contributed by atoms with Gasteiger partial charge in [-0.05, 0) is 37.1 Å². The predicted octanol–water partition coefficient (Wildman–Crippen LogP) is 2.90. The predicted molar refractivity (Wildman–Crippen MR) is 109 cm³/mol. The maximum atomic E-state index is 13.0. The van der Waals surface area contributed by atoms with Crippen molar-refractivity contribution in [2.24, 2.45) is 0 Å². The van der Waals surface area contributed by atoms with Crippen molar-refractivity contribution in [1.29, 1.82) is 0 Å². The van der Waals surface area contributed by atoms with Crippen molar-refractivity contribution in [1.82, 2.24) is 19.2 Å². The Morgan fingerprint density at radius 3 is 2.38 bits per heavy atom. The van der Waals surface area contributed by atoms with Crippen LogP contribution in [0.4, 0.5) is 13.2 Å². The molecular weight excluding hydrogens is 445 g/mol. The number of halogens is 3. The second kappa shape index (κ2) is 7.96. The number of fused-ring (bicyclic) bond motifs is 1. The second-order valence-corrected chi connectivity index (χ2v) is 10.5. The van der Waals surface area contributed by atoms with Crippen LogP contribution in [0.25, 0.3) is 0 Å². The average Bonchev–Trinajstić information content (AvgIpc) is 3.53. The first-order chi connectivity index (χ1) is 15.2. The van der Waals surface area contributed by atoms with Crippen LogP contribution in [0.1, 0.15) is 36.4 Å².